The van der Waals surface area contributed by atoms with Gasteiger partial charge in [0.2, 0.25) is 0 Å². The van der Waals surface area contributed by atoms with Crippen LogP contribution in [0.25, 0.3) is 0 Å². The van der Waals surface area contributed by atoms with E-state index in [9.17, 15) is 0 Å². The highest BCUT2D eigenvalue weighted by atomic mass is 35.5. The highest BCUT2D eigenvalue weighted by Crippen LogP contribution is 2.26. The number of nitrogens with one attached hydrogen (secondary N) is 1. The van der Waals surface area contributed by atoms with Gasteiger partial charge in [-0.25, -0.2) is 0 Å². The smallest absolute Gasteiger partial charge is 0.0438 e. The van der Waals surface area contributed by atoms with Crippen LogP contribution in [0.2, 0.25) is 5.02 Å². The molecule has 0 saturated carbocycles. The van der Waals surface area contributed by atoms with Crippen LogP contribution >= 0.6 is 11.6 Å². The summed E-state index contributed by atoms with van der Waals surface area (Å²) in [6, 6.07) is 17.1. The second-order valence-electron chi connectivity index (χ2n) is 4.82. The van der Waals surface area contributed by atoms with Crippen molar-refractivity contribution in [3.8, 4) is 0 Å². The molecule has 1 atom stereocenters. The first-order valence-electron chi connectivity index (χ1n) is 6.68. The number of hydrogen-bond donors (Lipinski definition) is 1. The standard InChI is InChI=1S/C17H20ClN/c1-13-15(9-6-10-16(13)18)17(19-2)12-11-14-7-4-3-5-8-14/h3-10,17,19H,11-12H2,1-2H3. The molecule has 0 aliphatic heterocycles. The maximum Gasteiger partial charge on any atom is 0.0438 e. The Hall–Kier alpha value is -1.31. The van der Waals surface area contributed by atoms with Crippen molar-refractivity contribution in [1.29, 1.82) is 0 Å². The quantitative estimate of drug-likeness (QED) is 0.843. The fraction of sp³-hybridized carbons (Fsp3) is 0.294. The molecule has 1 unspecified atom stereocenters. The molecule has 100 valence electrons. The molecule has 2 aromatic rings. The largest absolute Gasteiger partial charge is 0.313 e. The summed E-state index contributed by atoms with van der Waals surface area (Å²) in [6.07, 6.45) is 2.14. The Labute approximate surface area is 120 Å². The fourth-order valence-electron chi connectivity index (χ4n) is 2.41. The van der Waals surface area contributed by atoms with Crippen LogP contribution in [0, 0.1) is 6.92 Å². The number of benzene rings is 2. The van der Waals surface area contributed by atoms with E-state index in [0.717, 1.165) is 17.9 Å². The third kappa shape index (κ3) is 3.59. The highest BCUT2D eigenvalue weighted by molar-refractivity contribution is 6.31. The Balaban J connectivity index is 2.10. The molecule has 19 heavy (non-hydrogen) atoms. The zero-order valence-electron chi connectivity index (χ0n) is 11.5. The van der Waals surface area contributed by atoms with E-state index in [0.29, 0.717) is 6.04 Å². The van der Waals surface area contributed by atoms with Crippen LogP contribution in [0.1, 0.15) is 29.2 Å². The third-order valence-corrected chi connectivity index (χ3v) is 4.01. The van der Waals surface area contributed by atoms with Crippen LogP contribution in [0.3, 0.4) is 0 Å². The van der Waals surface area contributed by atoms with Gasteiger partial charge >= 0.3 is 0 Å². The summed E-state index contributed by atoms with van der Waals surface area (Å²) in [5.41, 5.74) is 3.85. The Morgan fingerprint density at radius 3 is 2.47 bits per heavy atom. The summed E-state index contributed by atoms with van der Waals surface area (Å²) in [5.74, 6) is 0. The molecule has 0 aromatic heterocycles. The molecular formula is C17H20ClN. The summed E-state index contributed by atoms with van der Waals surface area (Å²) < 4.78 is 0. The first-order valence-corrected chi connectivity index (χ1v) is 7.06. The lowest BCUT2D eigenvalue weighted by molar-refractivity contribution is 0.547. The first-order chi connectivity index (χ1) is 9.22. The van der Waals surface area contributed by atoms with Gasteiger partial charge in [0.05, 0.1) is 0 Å². The predicted molar refractivity (Wildman–Crippen MR) is 82.8 cm³/mol. The highest BCUT2D eigenvalue weighted by Gasteiger charge is 2.13. The molecule has 0 fully saturated rings. The van der Waals surface area contributed by atoms with E-state index in [1.54, 1.807) is 0 Å². The molecule has 0 heterocycles. The summed E-state index contributed by atoms with van der Waals surface area (Å²) in [5, 5.41) is 4.24. The van der Waals surface area contributed by atoms with E-state index in [2.05, 4.69) is 48.6 Å². The molecule has 2 aromatic carbocycles. The third-order valence-electron chi connectivity index (χ3n) is 3.60. The van der Waals surface area contributed by atoms with Crippen molar-refractivity contribution in [3.05, 3.63) is 70.2 Å². The lowest BCUT2D eigenvalue weighted by Gasteiger charge is -2.19. The number of hydrogen-bond acceptors (Lipinski definition) is 1. The summed E-state index contributed by atoms with van der Waals surface area (Å²) >= 11 is 6.20. The van der Waals surface area contributed by atoms with Crippen molar-refractivity contribution in [2.75, 3.05) is 7.05 Å². The number of halogens is 1. The molecule has 2 heteroatoms. The summed E-state index contributed by atoms with van der Waals surface area (Å²) in [4.78, 5) is 0. The van der Waals surface area contributed by atoms with Gasteiger partial charge < -0.3 is 5.32 Å². The van der Waals surface area contributed by atoms with E-state index in [-0.39, 0.29) is 0 Å². The molecule has 1 N–H and O–H groups in total. The maximum absolute atomic E-state index is 6.20. The Morgan fingerprint density at radius 1 is 1.05 bits per heavy atom. The van der Waals surface area contributed by atoms with E-state index in [1.165, 1.54) is 16.7 Å². The van der Waals surface area contributed by atoms with Gasteiger partial charge in [-0.3, -0.25) is 0 Å². The normalized spacial score (nSPS) is 12.4. The molecule has 0 aliphatic carbocycles. The minimum absolute atomic E-state index is 0.346. The number of aryl methyl sites for hydroxylation is 1. The Kier molecular flexibility index (Phi) is 5.00. The van der Waals surface area contributed by atoms with Crippen molar-refractivity contribution in [3.63, 3.8) is 0 Å². The van der Waals surface area contributed by atoms with Crippen molar-refractivity contribution in [1.82, 2.24) is 5.32 Å². The van der Waals surface area contributed by atoms with E-state index in [4.69, 9.17) is 11.6 Å². The summed E-state index contributed by atoms with van der Waals surface area (Å²) in [6.45, 7) is 2.09. The molecule has 0 saturated heterocycles. The van der Waals surface area contributed by atoms with Gasteiger partial charge in [-0.15, -0.1) is 0 Å². The van der Waals surface area contributed by atoms with Crippen molar-refractivity contribution < 1.29 is 0 Å². The lowest BCUT2D eigenvalue weighted by atomic mass is 9.96. The van der Waals surface area contributed by atoms with Gasteiger partial charge in [0.25, 0.3) is 0 Å². The molecule has 0 spiro atoms. The molecule has 0 aliphatic rings. The minimum atomic E-state index is 0.346. The fourth-order valence-corrected chi connectivity index (χ4v) is 2.59. The van der Waals surface area contributed by atoms with Crippen LogP contribution in [-0.4, -0.2) is 7.05 Å². The zero-order valence-corrected chi connectivity index (χ0v) is 12.2. The SMILES string of the molecule is CNC(CCc1ccccc1)c1cccc(Cl)c1C. The first kappa shape index (κ1) is 14.1. The van der Waals surface area contributed by atoms with Crippen LogP contribution in [0.15, 0.2) is 48.5 Å². The molecule has 1 nitrogen and oxygen atoms in total. The second kappa shape index (κ2) is 6.74. The Morgan fingerprint density at radius 2 is 1.79 bits per heavy atom. The van der Waals surface area contributed by atoms with E-state index < -0.39 is 0 Å². The van der Waals surface area contributed by atoms with Gasteiger partial charge in [0.15, 0.2) is 0 Å². The van der Waals surface area contributed by atoms with Gasteiger partial charge in [-0.1, -0.05) is 54.1 Å². The molecule has 2 rings (SSSR count). The molecule has 0 bridgehead atoms. The number of rotatable bonds is 5. The van der Waals surface area contributed by atoms with E-state index in [1.807, 2.05) is 19.2 Å². The van der Waals surface area contributed by atoms with Crippen molar-refractivity contribution in [2.45, 2.75) is 25.8 Å². The molecular weight excluding hydrogens is 254 g/mol. The van der Waals surface area contributed by atoms with Gasteiger partial charge in [-0.05, 0) is 49.6 Å². The molecule has 0 amide bonds. The second-order valence-corrected chi connectivity index (χ2v) is 5.23. The van der Waals surface area contributed by atoms with Gasteiger partial charge in [-0.2, -0.15) is 0 Å². The van der Waals surface area contributed by atoms with Crippen LogP contribution < -0.4 is 5.32 Å². The van der Waals surface area contributed by atoms with Gasteiger partial charge in [0, 0.05) is 11.1 Å². The van der Waals surface area contributed by atoms with Crippen LogP contribution in [0.4, 0.5) is 0 Å². The van der Waals surface area contributed by atoms with Crippen molar-refractivity contribution in [2.24, 2.45) is 0 Å². The Bertz CT molecular complexity index is 522. The monoisotopic (exact) mass is 273 g/mol. The van der Waals surface area contributed by atoms with Gasteiger partial charge in [0.1, 0.15) is 0 Å². The minimum Gasteiger partial charge on any atom is -0.313 e. The van der Waals surface area contributed by atoms with Crippen LogP contribution in [-0.2, 0) is 6.42 Å². The average molecular weight is 274 g/mol. The zero-order chi connectivity index (χ0) is 13.7. The maximum atomic E-state index is 6.20. The summed E-state index contributed by atoms with van der Waals surface area (Å²) in [7, 11) is 2.01. The van der Waals surface area contributed by atoms with E-state index >= 15 is 0 Å². The molecule has 0 radical (unpaired) electrons. The van der Waals surface area contributed by atoms with Crippen molar-refractivity contribution >= 4 is 11.6 Å². The lowest BCUT2D eigenvalue weighted by Crippen LogP contribution is -2.18. The average Bonchev–Trinajstić information content (AvgIpc) is 2.45. The topological polar surface area (TPSA) is 12.0 Å². The van der Waals surface area contributed by atoms with Crippen LogP contribution in [0.5, 0.6) is 0 Å². The predicted octanol–water partition coefficient (Wildman–Crippen LogP) is 4.54.